The number of ketones is 2. The normalized spacial score (nSPS) is 12.8. The van der Waals surface area contributed by atoms with Crippen molar-refractivity contribution in [2.75, 3.05) is 18.4 Å². The number of amides is 1. The Hall–Kier alpha value is -2.79. The molecule has 0 radical (unpaired) electrons. The monoisotopic (exact) mass is 336 g/mol. The van der Waals surface area contributed by atoms with Gasteiger partial charge in [-0.05, 0) is 18.5 Å². The van der Waals surface area contributed by atoms with Crippen LogP contribution in [-0.4, -0.2) is 30.6 Å². The molecule has 5 heteroatoms. The maximum Gasteiger partial charge on any atom is 0.238 e. The summed E-state index contributed by atoms with van der Waals surface area (Å²) in [6.07, 6.45) is 0. The number of benzene rings is 2. The number of hydrogen-bond acceptors (Lipinski definition) is 4. The molecule has 2 N–H and O–H groups in total. The number of carbonyl (C=O) groups is 3. The van der Waals surface area contributed by atoms with E-state index >= 15 is 0 Å². The van der Waals surface area contributed by atoms with Crippen molar-refractivity contribution in [2.45, 2.75) is 13.8 Å². The molecule has 0 aliphatic heterocycles. The van der Waals surface area contributed by atoms with Crippen molar-refractivity contribution in [3.05, 3.63) is 64.7 Å². The molecule has 2 aromatic rings. The average molecular weight is 336 g/mol. The molecule has 3 rings (SSSR count). The van der Waals surface area contributed by atoms with Crippen LogP contribution in [0.2, 0.25) is 0 Å². The van der Waals surface area contributed by atoms with Gasteiger partial charge in [0.25, 0.3) is 0 Å². The van der Waals surface area contributed by atoms with Crippen molar-refractivity contribution in [1.29, 1.82) is 0 Å². The maximum absolute atomic E-state index is 12.8. The van der Waals surface area contributed by atoms with E-state index in [1.165, 1.54) is 0 Å². The highest BCUT2D eigenvalue weighted by Gasteiger charge is 2.31. The van der Waals surface area contributed by atoms with Crippen molar-refractivity contribution < 1.29 is 14.4 Å². The first-order valence-electron chi connectivity index (χ1n) is 8.31. The Morgan fingerprint density at radius 1 is 0.920 bits per heavy atom. The average Bonchev–Trinajstić information content (AvgIpc) is 2.59. The minimum absolute atomic E-state index is 0.153. The summed E-state index contributed by atoms with van der Waals surface area (Å²) in [6, 6.07) is 11.7. The van der Waals surface area contributed by atoms with Crippen LogP contribution in [0.3, 0.4) is 0 Å². The van der Waals surface area contributed by atoms with E-state index in [1.54, 1.807) is 42.5 Å². The SMILES string of the molecule is CC(C)CNCC(=O)Nc1cccc2c1C(=O)c1ccccc1C2=O. The number of carbonyl (C=O) groups excluding carboxylic acids is 3. The highest BCUT2D eigenvalue weighted by atomic mass is 16.2. The molecular weight excluding hydrogens is 316 g/mol. The molecule has 1 aliphatic rings. The van der Waals surface area contributed by atoms with E-state index in [4.69, 9.17) is 0 Å². The Balaban J connectivity index is 1.88. The van der Waals surface area contributed by atoms with E-state index < -0.39 is 0 Å². The maximum atomic E-state index is 12.8. The van der Waals surface area contributed by atoms with Gasteiger partial charge in [-0.1, -0.05) is 50.2 Å². The quantitative estimate of drug-likeness (QED) is 0.751. The first-order valence-corrected chi connectivity index (χ1v) is 8.31. The molecule has 0 saturated carbocycles. The zero-order valence-electron chi connectivity index (χ0n) is 14.3. The second-order valence-corrected chi connectivity index (χ2v) is 6.50. The van der Waals surface area contributed by atoms with Crippen LogP contribution in [-0.2, 0) is 4.79 Å². The summed E-state index contributed by atoms with van der Waals surface area (Å²) in [5.41, 5.74) is 1.75. The Bertz CT molecular complexity index is 856. The van der Waals surface area contributed by atoms with Crippen LogP contribution < -0.4 is 10.6 Å². The van der Waals surface area contributed by atoms with Crippen molar-refractivity contribution in [3.8, 4) is 0 Å². The molecule has 0 bridgehead atoms. The first kappa shape index (κ1) is 17.0. The summed E-state index contributed by atoms with van der Waals surface area (Å²) in [6.45, 7) is 4.99. The molecule has 0 unspecified atom stereocenters. The number of hydrogen-bond donors (Lipinski definition) is 2. The van der Waals surface area contributed by atoms with Gasteiger partial charge < -0.3 is 10.6 Å². The fourth-order valence-electron chi connectivity index (χ4n) is 2.92. The van der Waals surface area contributed by atoms with Gasteiger partial charge in [0.05, 0.1) is 17.8 Å². The van der Waals surface area contributed by atoms with E-state index in [1.807, 2.05) is 0 Å². The van der Waals surface area contributed by atoms with Gasteiger partial charge >= 0.3 is 0 Å². The van der Waals surface area contributed by atoms with Gasteiger partial charge in [0.1, 0.15) is 0 Å². The smallest absolute Gasteiger partial charge is 0.238 e. The predicted molar refractivity (Wildman–Crippen MR) is 96.1 cm³/mol. The molecular formula is C20H20N2O3. The minimum Gasteiger partial charge on any atom is -0.324 e. The van der Waals surface area contributed by atoms with E-state index in [0.717, 1.165) is 6.54 Å². The van der Waals surface area contributed by atoms with Gasteiger partial charge in [-0.3, -0.25) is 14.4 Å². The molecule has 25 heavy (non-hydrogen) atoms. The van der Waals surface area contributed by atoms with Gasteiger partial charge in [-0.15, -0.1) is 0 Å². The van der Waals surface area contributed by atoms with Gasteiger partial charge in [-0.25, -0.2) is 0 Å². The standard InChI is InChI=1S/C20H20N2O3/c1-12(2)10-21-11-17(23)22-16-9-5-8-15-18(16)20(25)14-7-4-3-6-13(14)19(15)24/h3-9,12,21H,10-11H2,1-2H3,(H,22,23). The van der Waals surface area contributed by atoms with Crippen molar-refractivity contribution >= 4 is 23.2 Å². The topological polar surface area (TPSA) is 75.3 Å². The van der Waals surface area contributed by atoms with E-state index in [-0.39, 0.29) is 29.6 Å². The molecule has 5 nitrogen and oxygen atoms in total. The molecule has 0 aromatic heterocycles. The van der Waals surface area contributed by atoms with Crippen LogP contribution in [0.1, 0.15) is 45.7 Å². The second kappa shape index (κ2) is 6.99. The van der Waals surface area contributed by atoms with Gasteiger partial charge in [-0.2, -0.15) is 0 Å². The summed E-state index contributed by atoms with van der Waals surface area (Å²) >= 11 is 0. The summed E-state index contributed by atoms with van der Waals surface area (Å²) in [7, 11) is 0. The molecule has 0 saturated heterocycles. The number of rotatable bonds is 5. The fraction of sp³-hybridized carbons (Fsp3) is 0.250. The Morgan fingerprint density at radius 2 is 1.56 bits per heavy atom. The molecule has 0 spiro atoms. The second-order valence-electron chi connectivity index (χ2n) is 6.50. The van der Waals surface area contributed by atoms with Gasteiger partial charge in [0, 0.05) is 16.7 Å². The molecule has 2 aromatic carbocycles. The molecule has 0 heterocycles. The van der Waals surface area contributed by atoms with Crippen LogP contribution in [0.25, 0.3) is 0 Å². The lowest BCUT2D eigenvalue weighted by atomic mass is 9.83. The lowest BCUT2D eigenvalue weighted by molar-refractivity contribution is -0.115. The Labute approximate surface area is 146 Å². The van der Waals surface area contributed by atoms with E-state index in [0.29, 0.717) is 28.3 Å². The summed E-state index contributed by atoms with van der Waals surface area (Å²) in [5.74, 6) is -0.239. The lowest BCUT2D eigenvalue weighted by Gasteiger charge is -2.20. The predicted octanol–water partition coefficient (Wildman–Crippen LogP) is 2.65. The molecule has 1 amide bonds. The number of fused-ring (bicyclic) bond motifs is 2. The van der Waals surface area contributed by atoms with Crippen molar-refractivity contribution in [2.24, 2.45) is 5.92 Å². The van der Waals surface area contributed by atoms with Crippen molar-refractivity contribution in [3.63, 3.8) is 0 Å². The summed E-state index contributed by atoms with van der Waals surface area (Å²) in [4.78, 5) is 37.6. The third kappa shape index (κ3) is 3.37. The number of nitrogens with one attached hydrogen (secondary N) is 2. The molecule has 1 aliphatic carbocycles. The van der Waals surface area contributed by atoms with Crippen LogP contribution in [0, 0.1) is 5.92 Å². The molecule has 0 fully saturated rings. The first-order chi connectivity index (χ1) is 12.0. The Kier molecular flexibility index (Phi) is 4.76. The van der Waals surface area contributed by atoms with Crippen LogP contribution in [0.4, 0.5) is 5.69 Å². The Morgan fingerprint density at radius 3 is 2.24 bits per heavy atom. The lowest BCUT2D eigenvalue weighted by Crippen LogP contribution is -2.31. The molecule has 128 valence electrons. The van der Waals surface area contributed by atoms with Crippen LogP contribution >= 0.6 is 0 Å². The third-order valence-corrected chi connectivity index (χ3v) is 4.06. The van der Waals surface area contributed by atoms with E-state index in [9.17, 15) is 14.4 Å². The summed E-state index contributed by atoms with van der Waals surface area (Å²) in [5, 5.41) is 5.81. The van der Waals surface area contributed by atoms with Crippen LogP contribution in [0.5, 0.6) is 0 Å². The van der Waals surface area contributed by atoms with Gasteiger partial charge in [0.2, 0.25) is 5.91 Å². The zero-order chi connectivity index (χ0) is 18.0. The fourth-order valence-corrected chi connectivity index (χ4v) is 2.92. The highest BCUT2D eigenvalue weighted by molar-refractivity contribution is 6.30. The minimum atomic E-state index is -0.242. The number of anilines is 1. The van der Waals surface area contributed by atoms with Gasteiger partial charge in [0.15, 0.2) is 11.6 Å². The summed E-state index contributed by atoms with van der Waals surface area (Å²) < 4.78 is 0. The third-order valence-electron chi connectivity index (χ3n) is 4.06. The van der Waals surface area contributed by atoms with Crippen molar-refractivity contribution in [1.82, 2.24) is 5.32 Å². The largest absolute Gasteiger partial charge is 0.324 e. The van der Waals surface area contributed by atoms with Crippen LogP contribution in [0.15, 0.2) is 42.5 Å². The molecule has 0 atom stereocenters. The highest BCUT2D eigenvalue weighted by Crippen LogP contribution is 2.31. The zero-order valence-corrected chi connectivity index (χ0v) is 14.3. The van der Waals surface area contributed by atoms with E-state index in [2.05, 4.69) is 24.5 Å².